The smallest absolute Gasteiger partial charge is 0.323 e. The average molecular weight is 389 g/mol. The molecule has 0 spiro atoms. The van der Waals surface area contributed by atoms with Gasteiger partial charge in [-0.3, -0.25) is 10.1 Å². The number of nitrogens with one attached hydrogen (secondary N) is 1. The minimum atomic E-state index is -1.06. The van der Waals surface area contributed by atoms with Crippen molar-refractivity contribution in [1.29, 1.82) is 0 Å². The van der Waals surface area contributed by atoms with Gasteiger partial charge in [0.25, 0.3) is 0 Å². The predicted molar refractivity (Wildman–Crippen MR) is 111 cm³/mol. The van der Waals surface area contributed by atoms with E-state index in [1.807, 2.05) is 42.5 Å². The maximum absolute atomic E-state index is 11.1. The fourth-order valence-corrected chi connectivity index (χ4v) is 3.68. The van der Waals surface area contributed by atoms with Gasteiger partial charge in [0, 0.05) is 6.54 Å². The Morgan fingerprint density at radius 2 is 1.48 bits per heavy atom. The molecule has 4 rings (SSSR count). The zero-order valence-electron chi connectivity index (χ0n) is 15.9. The molecule has 3 N–H and O–H groups in total. The van der Waals surface area contributed by atoms with Gasteiger partial charge in [-0.2, -0.15) is 0 Å². The van der Waals surface area contributed by atoms with Crippen LogP contribution in [0.4, 0.5) is 0 Å². The van der Waals surface area contributed by atoms with E-state index in [1.54, 1.807) is 0 Å². The highest BCUT2D eigenvalue weighted by molar-refractivity contribution is 5.83. The summed E-state index contributed by atoms with van der Waals surface area (Å²) in [5.41, 5.74) is 5.59. The van der Waals surface area contributed by atoms with E-state index in [-0.39, 0.29) is 0 Å². The number of benzene rings is 3. The molecule has 29 heavy (non-hydrogen) atoms. The lowest BCUT2D eigenvalue weighted by Gasteiger charge is -2.17. The summed E-state index contributed by atoms with van der Waals surface area (Å²) >= 11 is 0. The van der Waals surface area contributed by atoms with E-state index >= 15 is 0 Å². The predicted octanol–water partition coefficient (Wildman–Crippen LogP) is 3.32. The molecule has 3 atom stereocenters. The first-order chi connectivity index (χ1) is 14.1. The number of carboxylic acids is 1. The van der Waals surface area contributed by atoms with Crippen molar-refractivity contribution in [3.63, 3.8) is 0 Å². The molecule has 1 saturated heterocycles. The van der Waals surface area contributed by atoms with Gasteiger partial charge >= 0.3 is 5.97 Å². The molecular formula is C24H23NO4. The third-order valence-electron chi connectivity index (χ3n) is 5.27. The normalized spacial score (nSPS) is 21.2. The third kappa shape index (κ3) is 4.22. The molecule has 3 aromatic carbocycles. The molecule has 1 heterocycles. The number of aliphatic hydroxyl groups is 1. The van der Waals surface area contributed by atoms with Crippen molar-refractivity contribution >= 4 is 5.97 Å². The van der Waals surface area contributed by atoms with Crippen molar-refractivity contribution in [2.75, 3.05) is 6.54 Å². The number of carboxylic acid groups (broad SMARTS) is 1. The second kappa shape index (κ2) is 8.57. The van der Waals surface area contributed by atoms with E-state index in [2.05, 4.69) is 41.7 Å². The van der Waals surface area contributed by atoms with E-state index in [0.717, 1.165) is 16.7 Å². The first-order valence-corrected chi connectivity index (χ1v) is 9.63. The van der Waals surface area contributed by atoms with Gasteiger partial charge in [0.15, 0.2) is 0 Å². The minimum absolute atomic E-state index is 0.316. The molecule has 0 amide bonds. The van der Waals surface area contributed by atoms with E-state index in [0.29, 0.717) is 13.2 Å². The number of ether oxygens (including phenoxy) is 1. The van der Waals surface area contributed by atoms with Gasteiger partial charge in [0.1, 0.15) is 12.1 Å². The Balaban J connectivity index is 1.46. The lowest BCUT2D eigenvalue weighted by atomic mass is 9.94. The van der Waals surface area contributed by atoms with Crippen molar-refractivity contribution in [2.24, 2.45) is 0 Å². The van der Waals surface area contributed by atoms with E-state index in [1.165, 1.54) is 11.1 Å². The Bertz CT molecular complexity index is 972. The van der Waals surface area contributed by atoms with Gasteiger partial charge in [-0.15, -0.1) is 0 Å². The van der Waals surface area contributed by atoms with Gasteiger partial charge < -0.3 is 14.9 Å². The lowest BCUT2D eigenvalue weighted by Crippen LogP contribution is -2.40. The maximum atomic E-state index is 11.1. The summed E-state index contributed by atoms with van der Waals surface area (Å²) in [6.45, 7) is 0.636. The Morgan fingerprint density at radius 3 is 2.07 bits per heavy atom. The molecule has 5 nitrogen and oxygen atoms in total. The molecule has 148 valence electrons. The summed E-state index contributed by atoms with van der Waals surface area (Å²) < 4.78 is 5.74. The number of rotatable bonds is 6. The molecule has 0 aliphatic carbocycles. The fourth-order valence-electron chi connectivity index (χ4n) is 3.68. The van der Waals surface area contributed by atoms with Gasteiger partial charge in [-0.1, -0.05) is 78.9 Å². The van der Waals surface area contributed by atoms with Gasteiger partial charge in [0.2, 0.25) is 0 Å². The number of aliphatic hydroxyl groups excluding tert-OH is 1. The average Bonchev–Trinajstić information content (AvgIpc) is 3.14. The molecule has 3 aromatic rings. The quantitative estimate of drug-likeness (QED) is 0.603. The van der Waals surface area contributed by atoms with Crippen molar-refractivity contribution in [3.8, 4) is 22.3 Å². The van der Waals surface area contributed by atoms with E-state index in [4.69, 9.17) is 9.84 Å². The summed E-state index contributed by atoms with van der Waals surface area (Å²) in [6.07, 6.45) is -1.58. The zero-order valence-corrected chi connectivity index (χ0v) is 15.9. The molecule has 1 aliphatic heterocycles. The summed E-state index contributed by atoms with van der Waals surface area (Å²) in [5.74, 6) is -1.06. The topological polar surface area (TPSA) is 78.8 Å². The van der Waals surface area contributed by atoms with Crippen molar-refractivity contribution in [1.82, 2.24) is 5.32 Å². The standard InChI is InChI=1S/C24H23NO4/c26-23-21(14-25-22(23)24(27)28)29-15-16-10-12-18(13-11-16)20-9-5-4-8-19(20)17-6-2-1-3-7-17/h1-13,21-23,25-26H,14-15H2,(H,27,28)/t21-,22+,23+/m0/s1. The van der Waals surface area contributed by atoms with E-state index < -0.39 is 24.2 Å². The second-order valence-corrected chi connectivity index (χ2v) is 7.17. The van der Waals surface area contributed by atoms with Crippen molar-refractivity contribution in [3.05, 3.63) is 84.4 Å². The van der Waals surface area contributed by atoms with Crippen LogP contribution in [0.1, 0.15) is 5.56 Å². The highest BCUT2D eigenvalue weighted by Crippen LogP contribution is 2.32. The Hall–Kier alpha value is -2.99. The first-order valence-electron chi connectivity index (χ1n) is 9.63. The summed E-state index contributed by atoms with van der Waals surface area (Å²) in [7, 11) is 0. The molecule has 1 fully saturated rings. The molecule has 5 heteroatoms. The maximum Gasteiger partial charge on any atom is 0.323 e. The largest absolute Gasteiger partial charge is 0.480 e. The van der Waals surface area contributed by atoms with Gasteiger partial charge in [0.05, 0.1) is 12.7 Å². The zero-order chi connectivity index (χ0) is 20.2. The Morgan fingerprint density at radius 1 is 0.897 bits per heavy atom. The lowest BCUT2D eigenvalue weighted by molar-refractivity contribution is -0.142. The highest BCUT2D eigenvalue weighted by Gasteiger charge is 2.39. The van der Waals surface area contributed by atoms with Crippen LogP contribution < -0.4 is 5.32 Å². The molecule has 0 radical (unpaired) electrons. The Labute approximate surface area is 169 Å². The van der Waals surface area contributed by atoms with Crippen molar-refractivity contribution in [2.45, 2.75) is 24.9 Å². The van der Waals surface area contributed by atoms with Gasteiger partial charge in [-0.05, 0) is 27.8 Å². The second-order valence-electron chi connectivity index (χ2n) is 7.17. The number of aliphatic carboxylic acids is 1. The first kappa shape index (κ1) is 19.3. The monoisotopic (exact) mass is 389 g/mol. The highest BCUT2D eigenvalue weighted by atomic mass is 16.5. The van der Waals surface area contributed by atoms with Crippen LogP contribution in [0.25, 0.3) is 22.3 Å². The van der Waals surface area contributed by atoms with Crippen LogP contribution in [0.5, 0.6) is 0 Å². The van der Waals surface area contributed by atoms with Crippen LogP contribution in [0.3, 0.4) is 0 Å². The summed E-state index contributed by atoms with van der Waals surface area (Å²) in [5, 5.41) is 21.9. The molecule has 1 aliphatic rings. The number of hydrogen-bond donors (Lipinski definition) is 3. The van der Waals surface area contributed by atoms with E-state index in [9.17, 15) is 9.90 Å². The SMILES string of the molecule is O=C(O)[C@@H]1NC[C@H](OCc2ccc(-c3ccccc3-c3ccccc3)cc2)[C@H]1O. The minimum Gasteiger partial charge on any atom is -0.480 e. The molecule has 0 saturated carbocycles. The van der Waals surface area contributed by atoms with Crippen LogP contribution in [-0.2, 0) is 16.1 Å². The fraction of sp³-hybridized carbons (Fsp3) is 0.208. The molecule has 0 aromatic heterocycles. The third-order valence-corrected chi connectivity index (χ3v) is 5.27. The van der Waals surface area contributed by atoms with Crippen LogP contribution in [-0.4, -0.2) is 41.0 Å². The van der Waals surface area contributed by atoms with Crippen LogP contribution in [0, 0.1) is 0 Å². The summed E-state index contributed by atoms with van der Waals surface area (Å²) in [6, 6.07) is 25.7. The number of carbonyl (C=O) groups is 1. The molecule has 0 unspecified atom stereocenters. The molecular weight excluding hydrogens is 366 g/mol. The van der Waals surface area contributed by atoms with Crippen LogP contribution in [0.2, 0.25) is 0 Å². The van der Waals surface area contributed by atoms with Crippen LogP contribution >= 0.6 is 0 Å². The van der Waals surface area contributed by atoms with Gasteiger partial charge in [-0.25, -0.2) is 0 Å². The Kier molecular flexibility index (Phi) is 5.71. The van der Waals surface area contributed by atoms with Crippen LogP contribution in [0.15, 0.2) is 78.9 Å². The molecule has 0 bridgehead atoms. The number of hydrogen-bond acceptors (Lipinski definition) is 4. The summed E-state index contributed by atoms with van der Waals surface area (Å²) in [4.78, 5) is 11.1. The van der Waals surface area contributed by atoms with Crippen molar-refractivity contribution < 1.29 is 19.7 Å².